The highest BCUT2D eigenvalue weighted by Gasteiger charge is 2.40. The first-order chi connectivity index (χ1) is 8.80. The van der Waals surface area contributed by atoms with Crippen LogP contribution in [0.4, 0.5) is 0 Å². The van der Waals surface area contributed by atoms with Crippen LogP contribution in [0.25, 0.3) is 0 Å². The Hall–Kier alpha value is -2.05. The second-order valence-electron chi connectivity index (χ2n) is 4.96. The number of carbonyl (C=O) groups is 3. The lowest BCUT2D eigenvalue weighted by Crippen LogP contribution is -2.43. The monoisotopic (exact) mass is 269 g/mol. The molecule has 0 radical (unpaired) electrons. The van der Waals surface area contributed by atoms with Crippen LogP contribution in [0.15, 0.2) is 11.8 Å². The third-order valence-corrected chi connectivity index (χ3v) is 2.99. The Morgan fingerprint density at radius 2 is 1.95 bits per heavy atom. The molecule has 0 saturated carbocycles. The van der Waals surface area contributed by atoms with E-state index in [-0.39, 0.29) is 5.57 Å². The Morgan fingerprint density at radius 1 is 1.37 bits per heavy atom. The number of rotatable bonds is 2. The van der Waals surface area contributed by atoms with Crippen LogP contribution in [0.2, 0.25) is 0 Å². The largest absolute Gasteiger partial charge is 0.480 e. The molecule has 0 aromatic heterocycles. The third-order valence-electron chi connectivity index (χ3n) is 2.99. The third kappa shape index (κ3) is 2.69. The molecule has 2 aliphatic heterocycles. The Labute approximate surface area is 109 Å². The molecule has 1 atom stereocenters. The van der Waals surface area contributed by atoms with Gasteiger partial charge >= 0.3 is 17.9 Å². The summed E-state index contributed by atoms with van der Waals surface area (Å²) in [5, 5.41) is 9.02. The highest BCUT2D eigenvalue weighted by Crippen LogP contribution is 2.25. The van der Waals surface area contributed by atoms with Gasteiger partial charge in [-0.3, -0.25) is 0 Å². The smallest absolute Gasteiger partial charge is 0.350 e. The minimum absolute atomic E-state index is 0.271. The minimum atomic E-state index is -1.29. The van der Waals surface area contributed by atoms with Crippen molar-refractivity contribution in [3.05, 3.63) is 11.8 Å². The SMILES string of the molecule is CC1(C)OC(=O)C(=CN2CCC[C@H]2C(=O)O)C(=O)O1. The van der Waals surface area contributed by atoms with E-state index in [2.05, 4.69) is 0 Å². The summed E-state index contributed by atoms with van der Waals surface area (Å²) in [6.07, 6.45) is 2.40. The van der Waals surface area contributed by atoms with Gasteiger partial charge in [-0.15, -0.1) is 0 Å². The molecule has 104 valence electrons. The van der Waals surface area contributed by atoms with E-state index in [1.54, 1.807) is 0 Å². The van der Waals surface area contributed by atoms with Crippen LogP contribution < -0.4 is 0 Å². The molecule has 2 saturated heterocycles. The zero-order valence-corrected chi connectivity index (χ0v) is 10.7. The fraction of sp³-hybridized carbons (Fsp3) is 0.583. The van der Waals surface area contributed by atoms with Crippen LogP contribution >= 0.6 is 0 Å². The molecule has 7 nitrogen and oxygen atoms in total. The first kappa shape index (κ1) is 13.4. The first-order valence-electron chi connectivity index (χ1n) is 5.97. The van der Waals surface area contributed by atoms with Gasteiger partial charge in [-0.1, -0.05) is 0 Å². The molecule has 0 amide bonds. The van der Waals surface area contributed by atoms with E-state index < -0.39 is 29.7 Å². The Bertz CT molecular complexity index is 445. The summed E-state index contributed by atoms with van der Waals surface area (Å²) in [5.74, 6) is -3.86. The van der Waals surface area contributed by atoms with E-state index >= 15 is 0 Å². The molecule has 0 aromatic carbocycles. The lowest BCUT2D eigenvalue weighted by Gasteiger charge is -2.30. The fourth-order valence-corrected chi connectivity index (χ4v) is 2.14. The molecule has 0 spiro atoms. The molecule has 0 unspecified atom stereocenters. The molecule has 2 heterocycles. The maximum Gasteiger partial charge on any atom is 0.350 e. The minimum Gasteiger partial charge on any atom is -0.480 e. The van der Waals surface area contributed by atoms with E-state index in [4.69, 9.17) is 14.6 Å². The number of nitrogens with zero attached hydrogens (tertiary/aromatic N) is 1. The van der Waals surface area contributed by atoms with E-state index in [1.165, 1.54) is 24.9 Å². The number of carbonyl (C=O) groups excluding carboxylic acids is 2. The standard InChI is InChI=1S/C12H15NO6/c1-12(2)18-10(16)7(11(17)19-12)6-13-5-3-4-8(13)9(14)15/h6,8H,3-5H2,1-2H3,(H,14,15)/t8-/m0/s1. The summed E-state index contributed by atoms with van der Waals surface area (Å²) in [6, 6.07) is -0.719. The van der Waals surface area contributed by atoms with Crippen molar-refractivity contribution in [1.82, 2.24) is 4.90 Å². The summed E-state index contributed by atoms with van der Waals surface area (Å²) in [5.41, 5.74) is -0.271. The molecule has 2 fully saturated rings. The average Bonchev–Trinajstić information content (AvgIpc) is 2.70. The highest BCUT2D eigenvalue weighted by molar-refractivity contribution is 6.15. The summed E-state index contributed by atoms with van der Waals surface area (Å²) in [6.45, 7) is 3.38. The van der Waals surface area contributed by atoms with Gasteiger partial charge in [-0.05, 0) is 12.8 Å². The lowest BCUT2D eigenvalue weighted by molar-refractivity contribution is -0.222. The highest BCUT2D eigenvalue weighted by atomic mass is 16.7. The Kier molecular flexibility index (Phi) is 3.21. The van der Waals surface area contributed by atoms with Crippen molar-refractivity contribution in [2.45, 2.75) is 38.5 Å². The maximum atomic E-state index is 11.7. The zero-order valence-electron chi connectivity index (χ0n) is 10.7. The quantitative estimate of drug-likeness (QED) is 0.436. The van der Waals surface area contributed by atoms with Crippen molar-refractivity contribution >= 4 is 17.9 Å². The average molecular weight is 269 g/mol. The molecule has 0 bridgehead atoms. The molecule has 1 N–H and O–H groups in total. The molecular weight excluding hydrogens is 254 g/mol. The van der Waals surface area contributed by atoms with E-state index in [0.29, 0.717) is 19.4 Å². The normalized spacial score (nSPS) is 25.9. The van der Waals surface area contributed by atoms with Crippen molar-refractivity contribution in [3.63, 3.8) is 0 Å². The summed E-state index contributed by atoms with van der Waals surface area (Å²) >= 11 is 0. The number of ether oxygens (including phenoxy) is 2. The Morgan fingerprint density at radius 3 is 2.47 bits per heavy atom. The lowest BCUT2D eigenvalue weighted by atomic mass is 10.2. The number of carboxylic acids is 1. The zero-order chi connectivity index (χ0) is 14.2. The van der Waals surface area contributed by atoms with Crippen LogP contribution in [-0.2, 0) is 23.9 Å². The number of aliphatic carboxylic acids is 1. The van der Waals surface area contributed by atoms with Gasteiger partial charge in [0.15, 0.2) is 5.57 Å². The molecule has 7 heteroatoms. The molecule has 0 aromatic rings. The fourth-order valence-electron chi connectivity index (χ4n) is 2.14. The number of cyclic esters (lactones) is 2. The number of likely N-dealkylation sites (tertiary alicyclic amines) is 1. The van der Waals surface area contributed by atoms with Crippen LogP contribution in [0.5, 0.6) is 0 Å². The number of hydrogen-bond acceptors (Lipinski definition) is 6. The van der Waals surface area contributed by atoms with Crippen molar-refractivity contribution in [2.75, 3.05) is 6.54 Å². The molecule has 19 heavy (non-hydrogen) atoms. The van der Waals surface area contributed by atoms with Crippen LogP contribution in [0.3, 0.4) is 0 Å². The Balaban J connectivity index is 2.21. The predicted octanol–water partition coefficient (Wildman–Crippen LogP) is 0.255. The van der Waals surface area contributed by atoms with Crippen LogP contribution in [0.1, 0.15) is 26.7 Å². The number of esters is 2. The summed E-state index contributed by atoms with van der Waals surface area (Å²) in [7, 11) is 0. The van der Waals surface area contributed by atoms with Crippen molar-refractivity contribution in [2.24, 2.45) is 0 Å². The van der Waals surface area contributed by atoms with Gasteiger partial charge in [-0.2, -0.15) is 0 Å². The van der Waals surface area contributed by atoms with Gasteiger partial charge in [0.05, 0.1) is 0 Å². The van der Waals surface area contributed by atoms with Crippen molar-refractivity contribution in [3.8, 4) is 0 Å². The maximum absolute atomic E-state index is 11.7. The van der Waals surface area contributed by atoms with Gasteiger partial charge in [0.1, 0.15) is 6.04 Å². The molecule has 2 aliphatic rings. The molecule has 0 aliphatic carbocycles. The number of hydrogen-bond donors (Lipinski definition) is 1. The second kappa shape index (κ2) is 4.56. The van der Waals surface area contributed by atoms with E-state index in [0.717, 1.165) is 0 Å². The van der Waals surface area contributed by atoms with Gasteiger partial charge in [-0.25, -0.2) is 14.4 Å². The summed E-state index contributed by atoms with van der Waals surface area (Å²) < 4.78 is 9.88. The van der Waals surface area contributed by atoms with Crippen molar-refractivity contribution in [1.29, 1.82) is 0 Å². The number of carboxylic acid groups (broad SMARTS) is 1. The second-order valence-corrected chi connectivity index (χ2v) is 4.96. The van der Waals surface area contributed by atoms with Crippen LogP contribution in [0, 0.1) is 0 Å². The van der Waals surface area contributed by atoms with Gasteiger partial charge in [0.25, 0.3) is 5.79 Å². The predicted molar refractivity (Wildman–Crippen MR) is 61.7 cm³/mol. The first-order valence-corrected chi connectivity index (χ1v) is 5.97. The van der Waals surface area contributed by atoms with Crippen LogP contribution in [-0.4, -0.2) is 46.3 Å². The molecule has 2 rings (SSSR count). The van der Waals surface area contributed by atoms with Crippen molar-refractivity contribution < 1.29 is 29.0 Å². The van der Waals surface area contributed by atoms with E-state index in [1.807, 2.05) is 0 Å². The summed E-state index contributed by atoms with van der Waals surface area (Å²) in [4.78, 5) is 35.9. The topological polar surface area (TPSA) is 93.1 Å². The molecular formula is C12H15NO6. The van der Waals surface area contributed by atoms with Gasteiger partial charge in [0.2, 0.25) is 0 Å². The van der Waals surface area contributed by atoms with E-state index in [9.17, 15) is 14.4 Å². The van der Waals surface area contributed by atoms with Gasteiger partial charge in [0, 0.05) is 26.6 Å². The van der Waals surface area contributed by atoms with Gasteiger partial charge < -0.3 is 19.5 Å².